The molecule has 1 heterocycles. The standard InChI is InChI=1S/C22H26N2O/c25-22(20-13-6-2-7-14-20)16-10-15-21(19-11-4-1-5-12-19)23-24-17-8-3-9-18-24/h1-2,4-7,11-14H,3,8-10,15-18H2. The molecule has 0 amide bonds. The van der Waals surface area contributed by atoms with Crippen LogP contribution in [0.15, 0.2) is 65.8 Å². The number of Topliss-reactive ketones (excluding diaryl/α,β-unsaturated/α-hetero) is 1. The van der Waals surface area contributed by atoms with Crippen LogP contribution in [0.5, 0.6) is 0 Å². The molecular formula is C22H26N2O. The molecule has 0 N–H and O–H groups in total. The van der Waals surface area contributed by atoms with Crippen molar-refractivity contribution >= 4 is 11.5 Å². The smallest absolute Gasteiger partial charge is 0.162 e. The zero-order valence-electron chi connectivity index (χ0n) is 14.7. The van der Waals surface area contributed by atoms with E-state index >= 15 is 0 Å². The van der Waals surface area contributed by atoms with Gasteiger partial charge in [0.05, 0.1) is 5.71 Å². The lowest BCUT2D eigenvalue weighted by Crippen LogP contribution is -2.26. The lowest BCUT2D eigenvalue weighted by Gasteiger charge is -2.25. The van der Waals surface area contributed by atoms with Crippen molar-refractivity contribution in [2.24, 2.45) is 5.10 Å². The maximum absolute atomic E-state index is 12.3. The van der Waals surface area contributed by atoms with Gasteiger partial charge >= 0.3 is 0 Å². The van der Waals surface area contributed by atoms with Crippen LogP contribution in [0.3, 0.4) is 0 Å². The SMILES string of the molecule is O=C(CCCC(=NN1CCCCC1)c1ccccc1)c1ccccc1. The molecule has 0 atom stereocenters. The highest BCUT2D eigenvalue weighted by atomic mass is 16.1. The predicted octanol–water partition coefficient (Wildman–Crippen LogP) is 4.93. The number of nitrogens with zero attached hydrogens (tertiary/aromatic N) is 2. The van der Waals surface area contributed by atoms with Crippen LogP contribution in [-0.4, -0.2) is 29.6 Å². The van der Waals surface area contributed by atoms with Crippen LogP contribution < -0.4 is 0 Å². The average Bonchev–Trinajstić information content (AvgIpc) is 2.69. The highest BCUT2D eigenvalue weighted by Crippen LogP contribution is 2.15. The highest BCUT2D eigenvalue weighted by molar-refractivity contribution is 6.01. The van der Waals surface area contributed by atoms with Gasteiger partial charge in [-0.05, 0) is 37.7 Å². The van der Waals surface area contributed by atoms with Crippen molar-refractivity contribution in [3.8, 4) is 0 Å². The number of carbonyl (C=O) groups is 1. The fourth-order valence-electron chi connectivity index (χ4n) is 3.22. The maximum atomic E-state index is 12.3. The van der Waals surface area contributed by atoms with Crippen LogP contribution in [0, 0.1) is 0 Å². The van der Waals surface area contributed by atoms with Crippen molar-refractivity contribution in [1.82, 2.24) is 5.01 Å². The molecule has 0 radical (unpaired) electrons. The van der Waals surface area contributed by atoms with E-state index in [0.717, 1.165) is 37.2 Å². The number of benzene rings is 2. The first kappa shape index (κ1) is 17.4. The van der Waals surface area contributed by atoms with Crippen molar-refractivity contribution in [3.05, 3.63) is 71.8 Å². The van der Waals surface area contributed by atoms with Gasteiger partial charge in [-0.1, -0.05) is 60.7 Å². The number of ketones is 1. The lowest BCUT2D eigenvalue weighted by molar-refractivity contribution is 0.0981. The van der Waals surface area contributed by atoms with Crippen molar-refractivity contribution in [2.75, 3.05) is 13.1 Å². The molecule has 0 aliphatic carbocycles. The summed E-state index contributed by atoms with van der Waals surface area (Å²) >= 11 is 0. The van der Waals surface area contributed by atoms with Gasteiger partial charge in [0, 0.05) is 25.1 Å². The monoisotopic (exact) mass is 334 g/mol. The summed E-state index contributed by atoms with van der Waals surface area (Å²) in [6.07, 6.45) is 5.97. The van der Waals surface area contributed by atoms with Crippen LogP contribution in [0.2, 0.25) is 0 Å². The Bertz CT molecular complexity index is 688. The minimum absolute atomic E-state index is 0.214. The molecule has 1 aliphatic heterocycles. The van der Waals surface area contributed by atoms with E-state index in [1.165, 1.54) is 24.8 Å². The topological polar surface area (TPSA) is 32.7 Å². The van der Waals surface area contributed by atoms with Crippen LogP contribution in [0.1, 0.15) is 54.4 Å². The van der Waals surface area contributed by atoms with Gasteiger partial charge in [0.25, 0.3) is 0 Å². The second-order valence-corrected chi connectivity index (χ2v) is 6.57. The largest absolute Gasteiger partial charge is 0.297 e. The summed E-state index contributed by atoms with van der Waals surface area (Å²) in [5, 5.41) is 7.11. The Morgan fingerprint density at radius 2 is 1.40 bits per heavy atom. The molecule has 3 nitrogen and oxygen atoms in total. The van der Waals surface area contributed by atoms with Gasteiger partial charge in [-0.25, -0.2) is 0 Å². The molecule has 130 valence electrons. The highest BCUT2D eigenvalue weighted by Gasteiger charge is 2.12. The van der Waals surface area contributed by atoms with Crippen LogP contribution >= 0.6 is 0 Å². The number of piperidine rings is 1. The third-order valence-corrected chi connectivity index (χ3v) is 4.61. The van der Waals surface area contributed by atoms with E-state index in [9.17, 15) is 4.79 Å². The quantitative estimate of drug-likeness (QED) is 0.531. The Balaban J connectivity index is 1.63. The first-order chi connectivity index (χ1) is 12.3. The second kappa shape index (κ2) is 9.16. The number of rotatable bonds is 7. The summed E-state index contributed by atoms with van der Waals surface area (Å²) in [6, 6.07) is 19.9. The van der Waals surface area contributed by atoms with Gasteiger partial charge in [0.15, 0.2) is 5.78 Å². The number of hydrazone groups is 1. The van der Waals surface area contributed by atoms with Crippen LogP contribution in [-0.2, 0) is 0 Å². The molecule has 1 aliphatic rings. The molecule has 2 aromatic carbocycles. The number of hydrogen-bond donors (Lipinski definition) is 0. The Morgan fingerprint density at radius 1 is 0.800 bits per heavy atom. The predicted molar refractivity (Wildman–Crippen MR) is 103 cm³/mol. The van der Waals surface area contributed by atoms with E-state index in [1.54, 1.807) is 0 Å². The first-order valence-corrected chi connectivity index (χ1v) is 9.29. The fourth-order valence-corrected chi connectivity index (χ4v) is 3.22. The van der Waals surface area contributed by atoms with E-state index in [-0.39, 0.29) is 5.78 Å². The molecule has 25 heavy (non-hydrogen) atoms. The molecule has 3 heteroatoms. The van der Waals surface area contributed by atoms with Gasteiger partial charge in [0.1, 0.15) is 0 Å². The third-order valence-electron chi connectivity index (χ3n) is 4.61. The molecule has 0 saturated carbocycles. The molecule has 0 spiro atoms. The molecule has 0 aromatic heterocycles. The van der Waals surface area contributed by atoms with E-state index in [0.29, 0.717) is 6.42 Å². The Kier molecular flexibility index (Phi) is 6.38. The van der Waals surface area contributed by atoms with E-state index in [4.69, 9.17) is 5.10 Å². The van der Waals surface area contributed by atoms with Crippen LogP contribution in [0.25, 0.3) is 0 Å². The van der Waals surface area contributed by atoms with Crippen molar-refractivity contribution in [3.63, 3.8) is 0 Å². The summed E-state index contributed by atoms with van der Waals surface area (Å²) in [7, 11) is 0. The third kappa shape index (κ3) is 5.28. The molecule has 3 rings (SSSR count). The number of hydrogen-bond acceptors (Lipinski definition) is 3. The minimum atomic E-state index is 0.214. The second-order valence-electron chi connectivity index (χ2n) is 6.57. The normalized spacial score (nSPS) is 15.2. The Hall–Kier alpha value is -2.42. The van der Waals surface area contributed by atoms with E-state index in [2.05, 4.69) is 29.3 Å². The van der Waals surface area contributed by atoms with Gasteiger partial charge in [0.2, 0.25) is 0 Å². The molecular weight excluding hydrogens is 308 g/mol. The molecule has 2 aromatic rings. The Labute approximate surface area is 150 Å². The van der Waals surface area contributed by atoms with Crippen LogP contribution in [0.4, 0.5) is 0 Å². The average molecular weight is 334 g/mol. The summed E-state index contributed by atoms with van der Waals surface area (Å²) in [4.78, 5) is 12.3. The van der Waals surface area contributed by atoms with Gasteiger partial charge in [-0.15, -0.1) is 0 Å². The summed E-state index contributed by atoms with van der Waals surface area (Å²) in [5.41, 5.74) is 3.07. The molecule has 1 fully saturated rings. The molecule has 0 unspecified atom stereocenters. The summed E-state index contributed by atoms with van der Waals surface area (Å²) in [6.45, 7) is 2.08. The first-order valence-electron chi connectivity index (χ1n) is 9.29. The van der Waals surface area contributed by atoms with Crippen molar-refractivity contribution < 1.29 is 4.79 Å². The zero-order valence-corrected chi connectivity index (χ0v) is 14.7. The van der Waals surface area contributed by atoms with Gasteiger partial charge in [-0.3, -0.25) is 9.80 Å². The van der Waals surface area contributed by atoms with Crippen molar-refractivity contribution in [1.29, 1.82) is 0 Å². The minimum Gasteiger partial charge on any atom is -0.297 e. The maximum Gasteiger partial charge on any atom is 0.162 e. The summed E-state index contributed by atoms with van der Waals surface area (Å²) < 4.78 is 0. The van der Waals surface area contributed by atoms with Crippen molar-refractivity contribution in [2.45, 2.75) is 38.5 Å². The number of carbonyl (C=O) groups excluding carboxylic acids is 1. The van der Waals surface area contributed by atoms with E-state index < -0.39 is 0 Å². The fraction of sp³-hybridized carbons (Fsp3) is 0.364. The van der Waals surface area contributed by atoms with E-state index in [1.807, 2.05) is 36.4 Å². The van der Waals surface area contributed by atoms with Gasteiger partial charge in [-0.2, -0.15) is 5.10 Å². The lowest BCUT2D eigenvalue weighted by atomic mass is 10.0. The van der Waals surface area contributed by atoms with Gasteiger partial charge < -0.3 is 0 Å². The Morgan fingerprint density at radius 3 is 2.04 bits per heavy atom. The summed E-state index contributed by atoms with van der Waals surface area (Å²) in [5.74, 6) is 0.214. The molecule has 0 bridgehead atoms. The zero-order chi connectivity index (χ0) is 17.3. The molecule has 1 saturated heterocycles.